The molecule has 0 radical (unpaired) electrons. The quantitative estimate of drug-likeness (QED) is 0.112. The molecule has 7 amide bonds. The molecule has 318 valence electrons. The average Bonchev–Trinajstić information content (AvgIpc) is 3.14. The maximum atomic E-state index is 14.1. The van der Waals surface area contributed by atoms with Gasteiger partial charge >= 0.3 is 0 Å². The molecule has 1 fully saturated rings. The van der Waals surface area contributed by atoms with E-state index in [0.717, 1.165) is 0 Å². The number of benzene rings is 1. The molecule has 1 aliphatic rings. The van der Waals surface area contributed by atoms with E-state index in [9.17, 15) is 43.5 Å². The second kappa shape index (κ2) is 24.6. The lowest BCUT2D eigenvalue weighted by atomic mass is 9.92. The maximum Gasteiger partial charge on any atom is 0.243 e. The number of nitrogens with one attached hydrogen (secondary N) is 7. The molecule has 18 heteroatoms. The van der Waals surface area contributed by atoms with Crippen LogP contribution in [-0.2, 0) is 44.8 Å². The van der Waals surface area contributed by atoms with Gasteiger partial charge in [0.15, 0.2) is 5.78 Å². The summed E-state index contributed by atoms with van der Waals surface area (Å²) in [4.78, 5) is 108. The Bertz CT molecular complexity index is 1530. The molecule has 1 saturated heterocycles. The van der Waals surface area contributed by atoms with Gasteiger partial charge in [0.2, 0.25) is 41.4 Å². The van der Waals surface area contributed by atoms with E-state index >= 15 is 0 Å². The average molecular weight is 802 g/mol. The van der Waals surface area contributed by atoms with Gasteiger partial charge in [0.1, 0.15) is 30.2 Å². The lowest BCUT2D eigenvalue weighted by molar-refractivity contribution is -0.136. The number of amides is 7. The van der Waals surface area contributed by atoms with Crippen LogP contribution in [0.1, 0.15) is 85.1 Å². The van der Waals surface area contributed by atoms with Crippen molar-refractivity contribution in [2.24, 2.45) is 23.3 Å². The van der Waals surface area contributed by atoms with Crippen LogP contribution >= 0.6 is 0 Å². The van der Waals surface area contributed by atoms with Crippen molar-refractivity contribution in [1.29, 1.82) is 0 Å². The second-order valence-electron chi connectivity index (χ2n) is 14.9. The summed E-state index contributed by atoms with van der Waals surface area (Å²) in [5, 5.41) is 29.1. The van der Waals surface area contributed by atoms with Crippen LogP contribution in [-0.4, -0.2) is 114 Å². The Morgan fingerprint density at radius 2 is 1.25 bits per heavy atom. The van der Waals surface area contributed by atoms with Gasteiger partial charge in [-0.25, -0.2) is 0 Å². The van der Waals surface area contributed by atoms with Crippen LogP contribution in [0, 0.1) is 11.8 Å². The van der Waals surface area contributed by atoms with Crippen molar-refractivity contribution in [3.05, 3.63) is 35.9 Å². The Morgan fingerprint density at radius 3 is 1.81 bits per heavy atom. The van der Waals surface area contributed by atoms with Crippen LogP contribution in [0.3, 0.4) is 0 Å². The molecule has 1 aliphatic heterocycles. The first-order valence-corrected chi connectivity index (χ1v) is 19.7. The number of hydrogen-bond donors (Lipinski definition) is 10. The van der Waals surface area contributed by atoms with Crippen LogP contribution in [0.4, 0.5) is 0 Å². The van der Waals surface area contributed by atoms with E-state index in [4.69, 9.17) is 11.5 Å². The summed E-state index contributed by atoms with van der Waals surface area (Å²) in [5.41, 5.74) is 12.3. The van der Waals surface area contributed by atoms with Crippen molar-refractivity contribution >= 4 is 47.1 Å². The summed E-state index contributed by atoms with van der Waals surface area (Å²) in [5.74, 6) is -6.79. The summed E-state index contributed by atoms with van der Waals surface area (Å²) < 4.78 is 0. The highest BCUT2D eigenvalue weighted by Crippen LogP contribution is 2.15. The van der Waals surface area contributed by atoms with E-state index in [1.54, 1.807) is 37.3 Å². The van der Waals surface area contributed by atoms with Crippen LogP contribution < -0.4 is 48.7 Å². The number of aliphatic hydroxyl groups is 1. The topological polar surface area (TPSA) is 293 Å². The molecule has 1 aromatic carbocycles. The van der Waals surface area contributed by atoms with E-state index in [2.05, 4.69) is 37.2 Å². The largest absolute Gasteiger partial charge is 0.393 e. The molecular formula is C39H63N9O9. The Hall–Kier alpha value is -4.94. The molecule has 0 saturated carbocycles. The molecule has 2 rings (SSSR count). The summed E-state index contributed by atoms with van der Waals surface area (Å²) in [6.07, 6.45) is -1.13. The zero-order chi connectivity index (χ0) is 42.7. The van der Waals surface area contributed by atoms with Crippen molar-refractivity contribution in [3.8, 4) is 0 Å². The number of nitrogens with two attached hydrogens (primary N) is 2. The standard InChI is InChI=1S/C39H63N9O9/c1-6-10-28-35(53)44-27(13-16-40)33(51)21-26(23(4)49)34(52)42-18-15-30(43-24(5)50)37(55)46-29(14-17-41)36(54)48-32(20-25-11-8-7-9-12-25)39(57)47-31(19-22(2)3)38(56)45-28/h7-9,11-12,22-23,26-32,49H,6,10,13-21,40-41H2,1-5H3,(H,42,52)(H,43,50)(H,44,53)(H,45,56)(H,46,55)(H,47,57)(H,48,54)/t23-,26+,27+,28+,29+,30+,31+,32-/m1/s1. The minimum absolute atomic E-state index is 0.00469. The second-order valence-corrected chi connectivity index (χ2v) is 14.9. The first-order valence-electron chi connectivity index (χ1n) is 19.7. The van der Waals surface area contributed by atoms with Gasteiger partial charge in [-0.2, -0.15) is 0 Å². The fourth-order valence-electron chi connectivity index (χ4n) is 6.42. The van der Waals surface area contributed by atoms with Crippen LogP contribution in [0.25, 0.3) is 0 Å². The van der Waals surface area contributed by atoms with Crippen LogP contribution in [0.2, 0.25) is 0 Å². The number of ketones is 1. The summed E-state index contributed by atoms with van der Waals surface area (Å²) in [6, 6.07) is 1.70. The van der Waals surface area contributed by atoms with Crippen LogP contribution in [0.15, 0.2) is 30.3 Å². The lowest BCUT2D eigenvalue weighted by Gasteiger charge is -2.28. The molecule has 18 nitrogen and oxygen atoms in total. The molecule has 0 bridgehead atoms. The number of hydrogen-bond acceptors (Lipinski definition) is 11. The van der Waals surface area contributed by atoms with Gasteiger partial charge in [0.05, 0.1) is 18.1 Å². The summed E-state index contributed by atoms with van der Waals surface area (Å²) >= 11 is 0. The Labute approximate surface area is 334 Å². The smallest absolute Gasteiger partial charge is 0.243 e. The third-order valence-corrected chi connectivity index (χ3v) is 9.48. The first kappa shape index (κ1) is 48.2. The molecule has 0 unspecified atom stereocenters. The highest BCUT2D eigenvalue weighted by molar-refractivity contribution is 5.98. The minimum atomic E-state index is -1.30. The van der Waals surface area contributed by atoms with Crippen LogP contribution in [0.5, 0.6) is 0 Å². The number of carbonyl (C=O) groups excluding carboxylic acids is 8. The number of Topliss-reactive ketones (excluding diaryl/α,β-unsaturated/α-hetero) is 1. The first-order chi connectivity index (χ1) is 27.0. The van der Waals surface area contributed by atoms with E-state index in [0.29, 0.717) is 12.0 Å². The van der Waals surface area contributed by atoms with Crippen molar-refractivity contribution in [2.45, 2.75) is 128 Å². The molecule has 0 aliphatic carbocycles. The Balaban J connectivity index is 2.65. The highest BCUT2D eigenvalue weighted by Gasteiger charge is 2.35. The Morgan fingerprint density at radius 1 is 0.737 bits per heavy atom. The van der Waals surface area contributed by atoms with Crippen molar-refractivity contribution in [2.75, 3.05) is 19.6 Å². The predicted molar refractivity (Wildman–Crippen MR) is 212 cm³/mol. The van der Waals surface area contributed by atoms with Gasteiger partial charge in [0, 0.05) is 26.3 Å². The minimum Gasteiger partial charge on any atom is -0.393 e. The third-order valence-electron chi connectivity index (χ3n) is 9.48. The van der Waals surface area contributed by atoms with Gasteiger partial charge in [-0.1, -0.05) is 57.5 Å². The molecular weight excluding hydrogens is 738 g/mol. The molecule has 57 heavy (non-hydrogen) atoms. The summed E-state index contributed by atoms with van der Waals surface area (Å²) in [7, 11) is 0. The number of rotatable bonds is 12. The van der Waals surface area contributed by atoms with Crippen molar-refractivity contribution in [1.82, 2.24) is 37.2 Å². The van der Waals surface area contributed by atoms with E-state index in [1.807, 2.05) is 13.8 Å². The Kier molecular flexibility index (Phi) is 20.8. The van der Waals surface area contributed by atoms with Gasteiger partial charge in [-0.3, -0.25) is 38.4 Å². The van der Waals surface area contributed by atoms with Gasteiger partial charge < -0.3 is 53.8 Å². The van der Waals surface area contributed by atoms with E-state index in [-0.39, 0.29) is 64.1 Å². The number of carbonyl (C=O) groups is 8. The van der Waals surface area contributed by atoms with Gasteiger partial charge in [-0.05, 0) is 63.6 Å². The highest BCUT2D eigenvalue weighted by atomic mass is 16.3. The lowest BCUT2D eigenvalue weighted by Crippen LogP contribution is -2.60. The monoisotopic (exact) mass is 801 g/mol. The number of aliphatic hydroxyl groups excluding tert-OH is 1. The van der Waals surface area contributed by atoms with Crippen molar-refractivity contribution in [3.63, 3.8) is 0 Å². The SMILES string of the molecule is CCC[C@@H]1NC(=O)[C@H](CC(C)C)NC(=O)[C@@H](Cc2ccccc2)NC(=O)[C@H](CCN)NC(=O)[C@@H](NC(C)=O)CCNC(=O)[C@H]([C@@H](C)O)CC(=O)[C@H](CCN)NC1=O. The predicted octanol–water partition coefficient (Wildman–Crippen LogP) is -1.82. The fourth-order valence-corrected chi connectivity index (χ4v) is 6.42. The zero-order valence-electron chi connectivity index (χ0n) is 33.7. The van der Waals surface area contributed by atoms with Gasteiger partial charge in [-0.15, -0.1) is 0 Å². The molecule has 12 N–H and O–H groups in total. The molecule has 0 aromatic heterocycles. The third kappa shape index (κ3) is 16.6. The molecule has 8 atom stereocenters. The van der Waals surface area contributed by atoms with E-state index < -0.39 is 102 Å². The molecule has 1 aromatic rings. The van der Waals surface area contributed by atoms with Crippen molar-refractivity contribution < 1.29 is 43.5 Å². The molecule has 1 heterocycles. The zero-order valence-corrected chi connectivity index (χ0v) is 33.7. The molecule has 0 spiro atoms. The maximum absolute atomic E-state index is 14.1. The van der Waals surface area contributed by atoms with Gasteiger partial charge in [0.25, 0.3) is 0 Å². The summed E-state index contributed by atoms with van der Waals surface area (Å²) in [6.45, 7) is 7.80. The van der Waals surface area contributed by atoms with E-state index in [1.165, 1.54) is 13.8 Å². The fraction of sp³-hybridized carbons (Fsp3) is 0.641. The normalized spacial score (nSPS) is 25.9.